The van der Waals surface area contributed by atoms with Gasteiger partial charge in [0.25, 0.3) is 5.91 Å². The summed E-state index contributed by atoms with van der Waals surface area (Å²) in [4.78, 5) is 13.4. The smallest absolute Gasteiger partial charge is 0.267 e. The standard InChI is InChI=1S/C19H16ClN5O2S/c1-19(2,27-15-9-5-13(20)6-10-15)17(26)22-14-7-3-12(4-8-14)16-24-25-11-21-23-18(25)28-16/h3-11H,1-2H3,(H,22,26). The highest BCUT2D eigenvalue weighted by atomic mass is 35.5. The van der Waals surface area contributed by atoms with Gasteiger partial charge >= 0.3 is 0 Å². The summed E-state index contributed by atoms with van der Waals surface area (Å²) in [7, 11) is 0. The summed E-state index contributed by atoms with van der Waals surface area (Å²) in [6.45, 7) is 3.43. The van der Waals surface area contributed by atoms with Crippen molar-refractivity contribution < 1.29 is 9.53 Å². The number of nitrogens with zero attached hydrogens (tertiary/aromatic N) is 4. The minimum Gasteiger partial charge on any atom is -0.478 e. The Labute approximate surface area is 169 Å². The van der Waals surface area contributed by atoms with Gasteiger partial charge in [-0.25, -0.2) is 0 Å². The van der Waals surface area contributed by atoms with E-state index in [0.29, 0.717) is 16.5 Å². The van der Waals surface area contributed by atoms with Crippen molar-refractivity contribution in [3.05, 3.63) is 59.9 Å². The zero-order valence-corrected chi connectivity index (χ0v) is 16.7. The fourth-order valence-corrected chi connectivity index (χ4v) is 3.45. The van der Waals surface area contributed by atoms with Crippen LogP contribution in [0.15, 0.2) is 54.9 Å². The van der Waals surface area contributed by atoms with Crippen molar-refractivity contribution in [3.63, 3.8) is 0 Å². The average molecular weight is 414 g/mol. The Morgan fingerprint density at radius 3 is 2.54 bits per heavy atom. The number of hydrogen-bond acceptors (Lipinski definition) is 6. The van der Waals surface area contributed by atoms with E-state index in [4.69, 9.17) is 16.3 Å². The molecule has 0 unspecified atom stereocenters. The van der Waals surface area contributed by atoms with Crippen LogP contribution < -0.4 is 10.1 Å². The van der Waals surface area contributed by atoms with Gasteiger partial charge in [0, 0.05) is 16.3 Å². The largest absolute Gasteiger partial charge is 0.478 e. The lowest BCUT2D eigenvalue weighted by Gasteiger charge is -2.25. The number of benzene rings is 2. The third kappa shape index (κ3) is 3.83. The molecule has 0 fully saturated rings. The molecule has 0 aliphatic heterocycles. The zero-order chi connectivity index (χ0) is 19.7. The number of carbonyl (C=O) groups excluding carboxylic acids is 1. The van der Waals surface area contributed by atoms with Gasteiger partial charge in [-0.15, -0.1) is 10.2 Å². The zero-order valence-electron chi connectivity index (χ0n) is 15.1. The van der Waals surface area contributed by atoms with Gasteiger partial charge in [0.1, 0.15) is 17.1 Å². The molecule has 2 aromatic heterocycles. The molecule has 0 saturated carbocycles. The van der Waals surface area contributed by atoms with E-state index in [0.717, 1.165) is 15.5 Å². The molecule has 28 heavy (non-hydrogen) atoms. The topological polar surface area (TPSA) is 81.4 Å². The van der Waals surface area contributed by atoms with Crippen molar-refractivity contribution in [1.29, 1.82) is 0 Å². The molecule has 2 aromatic carbocycles. The van der Waals surface area contributed by atoms with E-state index >= 15 is 0 Å². The van der Waals surface area contributed by atoms with Gasteiger partial charge in [-0.2, -0.15) is 9.61 Å². The van der Waals surface area contributed by atoms with Gasteiger partial charge < -0.3 is 10.1 Å². The molecule has 2 heterocycles. The lowest BCUT2D eigenvalue weighted by Crippen LogP contribution is -2.42. The highest BCUT2D eigenvalue weighted by Gasteiger charge is 2.30. The van der Waals surface area contributed by atoms with Crippen LogP contribution in [-0.2, 0) is 4.79 Å². The monoisotopic (exact) mass is 413 g/mol. The summed E-state index contributed by atoms with van der Waals surface area (Å²) < 4.78 is 7.45. The maximum atomic E-state index is 12.7. The Hall–Kier alpha value is -2.97. The summed E-state index contributed by atoms with van der Waals surface area (Å²) in [5.74, 6) is 0.317. The van der Waals surface area contributed by atoms with E-state index in [9.17, 15) is 4.79 Å². The van der Waals surface area contributed by atoms with Crippen molar-refractivity contribution in [3.8, 4) is 16.3 Å². The number of amides is 1. The molecule has 0 radical (unpaired) electrons. The Morgan fingerprint density at radius 2 is 1.86 bits per heavy atom. The van der Waals surface area contributed by atoms with Gasteiger partial charge in [-0.3, -0.25) is 4.79 Å². The maximum Gasteiger partial charge on any atom is 0.267 e. The fourth-order valence-electron chi connectivity index (χ4n) is 2.50. The van der Waals surface area contributed by atoms with E-state index in [1.54, 1.807) is 49.0 Å². The maximum absolute atomic E-state index is 12.7. The SMILES string of the molecule is CC(C)(Oc1ccc(Cl)cc1)C(=O)Nc1ccc(-c2nn3cnnc3s2)cc1. The number of nitrogens with one attached hydrogen (secondary N) is 1. The number of fused-ring (bicyclic) bond motifs is 1. The predicted octanol–water partition coefficient (Wildman–Crippen LogP) is 4.30. The van der Waals surface area contributed by atoms with Gasteiger partial charge in [0.2, 0.25) is 4.96 Å². The van der Waals surface area contributed by atoms with Crippen LogP contribution >= 0.6 is 22.9 Å². The summed E-state index contributed by atoms with van der Waals surface area (Å²) in [6, 6.07) is 14.3. The van der Waals surface area contributed by atoms with Crippen LogP contribution in [0.25, 0.3) is 15.5 Å². The molecular weight excluding hydrogens is 398 g/mol. The Balaban J connectivity index is 1.44. The molecule has 0 saturated heterocycles. The first kappa shape index (κ1) is 18.4. The second-order valence-corrected chi connectivity index (χ2v) is 7.96. The van der Waals surface area contributed by atoms with Crippen molar-refractivity contribution in [1.82, 2.24) is 19.8 Å². The Kier molecular flexibility index (Phi) is 4.74. The van der Waals surface area contributed by atoms with Gasteiger partial charge in [0.05, 0.1) is 0 Å². The van der Waals surface area contributed by atoms with Gasteiger partial charge in [0.15, 0.2) is 5.60 Å². The number of hydrogen-bond donors (Lipinski definition) is 1. The van der Waals surface area contributed by atoms with E-state index in [-0.39, 0.29) is 5.91 Å². The second kappa shape index (κ2) is 7.21. The summed E-state index contributed by atoms with van der Waals surface area (Å²) in [5, 5.41) is 16.5. The van der Waals surface area contributed by atoms with Crippen molar-refractivity contribution >= 4 is 39.5 Å². The molecule has 0 aliphatic carbocycles. The summed E-state index contributed by atoms with van der Waals surface area (Å²) in [6.07, 6.45) is 1.56. The minimum absolute atomic E-state index is 0.256. The minimum atomic E-state index is -1.06. The van der Waals surface area contributed by atoms with Crippen LogP contribution in [0, 0.1) is 0 Å². The molecule has 0 bridgehead atoms. The molecule has 4 rings (SSSR count). The quantitative estimate of drug-likeness (QED) is 0.527. The molecule has 142 valence electrons. The molecule has 0 atom stereocenters. The molecule has 9 heteroatoms. The highest BCUT2D eigenvalue weighted by Crippen LogP contribution is 2.27. The number of halogens is 1. The van der Waals surface area contributed by atoms with E-state index in [2.05, 4.69) is 20.6 Å². The predicted molar refractivity (Wildman–Crippen MR) is 109 cm³/mol. The number of rotatable bonds is 5. The summed E-state index contributed by atoms with van der Waals surface area (Å²) in [5.41, 5.74) is 0.551. The third-order valence-corrected chi connectivity index (χ3v) is 5.22. The van der Waals surface area contributed by atoms with Crippen LogP contribution in [0.5, 0.6) is 5.75 Å². The van der Waals surface area contributed by atoms with Crippen LogP contribution in [0.3, 0.4) is 0 Å². The first-order chi connectivity index (χ1) is 13.4. The lowest BCUT2D eigenvalue weighted by molar-refractivity contribution is -0.128. The molecule has 7 nitrogen and oxygen atoms in total. The first-order valence-corrected chi connectivity index (χ1v) is 9.63. The Bertz CT molecular complexity index is 1090. The van der Waals surface area contributed by atoms with E-state index in [1.807, 2.05) is 24.3 Å². The number of anilines is 1. The second-order valence-electron chi connectivity index (χ2n) is 6.56. The average Bonchev–Trinajstić information content (AvgIpc) is 3.26. The lowest BCUT2D eigenvalue weighted by atomic mass is 10.1. The van der Waals surface area contributed by atoms with E-state index < -0.39 is 5.60 Å². The van der Waals surface area contributed by atoms with Crippen molar-refractivity contribution in [2.75, 3.05) is 5.32 Å². The molecule has 1 N–H and O–H groups in total. The van der Waals surface area contributed by atoms with E-state index in [1.165, 1.54) is 11.3 Å². The van der Waals surface area contributed by atoms with Crippen LogP contribution in [0.4, 0.5) is 5.69 Å². The normalized spacial score (nSPS) is 11.5. The molecule has 1 amide bonds. The van der Waals surface area contributed by atoms with Crippen molar-refractivity contribution in [2.24, 2.45) is 0 Å². The van der Waals surface area contributed by atoms with Crippen molar-refractivity contribution in [2.45, 2.75) is 19.4 Å². The molecular formula is C19H16ClN5O2S. The molecule has 0 spiro atoms. The van der Waals surface area contributed by atoms with Gasteiger partial charge in [-0.1, -0.05) is 22.9 Å². The van der Waals surface area contributed by atoms with Gasteiger partial charge in [-0.05, 0) is 62.4 Å². The number of carbonyl (C=O) groups is 1. The van der Waals surface area contributed by atoms with Crippen LogP contribution in [0.2, 0.25) is 5.02 Å². The number of ether oxygens (including phenoxy) is 1. The molecule has 0 aliphatic rings. The Morgan fingerprint density at radius 1 is 1.14 bits per heavy atom. The fraction of sp³-hybridized carbons (Fsp3) is 0.158. The third-order valence-electron chi connectivity index (χ3n) is 4.01. The highest BCUT2D eigenvalue weighted by molar-refractivity contribution is 7.19. The number of aromatic nitrogens is 4. The first-order valence-electron chi connectivity index (χ1n) is 8.44. The van der Waals surface area contributed by atoms with Crippen LogP contribution in [0.1, 0.15) is 13.8 Å². The molecule has 4 aromatic rings. The van der Waals surface area contributed by atoms with Crippen LogP contribution in [-0.4, -0.2) is 31.3 Å². The summed E-state index contributed by atoms with van der Waals surface area (Å²) >= 11 is 7.32.